The van der Waals surface area contributed by atoms with Gasteiger partial charge in [0.15, 0.2) is 5.65 Å². The van der Waals surface area contributed by atoms with Gasteiger partial charge in [-0.15, -0.1) is 10.2 Å². The number of hydrogen-bond donors (Lipinski definition) is 0. The van der Waals surface area contributed by atoms with Crippen LogP contribution in [0.25, 0.3) is 28.3 Å². The van der Waals surface area contributed by atoms with Crippen molar-refractivity contribution in [3.8, 4) is 22.6 Å². The van der Waals surface area contributed by atoms with Gasteiger partial charge >= 0.3 is 5.97 Å². The Balaban J connectivity index is 1.71. The number of fused-ring (bicyclic) bond motifs is 2. The lowest BCUT2D eigenvalue weighted by molar-refractivity contribution is 0.0509. The van der Waals surface area contributed by atoms with Crippen LogP contribution < -0.4 is 0 Å². The average molecular weight is 410 g/mol. The van der Waals surface area contributed by atoms with Gasteiger partial charge in [-0.3, -0.25) is 0 Å². The van der Waals surface area contributed by atoms with Gasteiger partial charge < -0.3 is 9.30 Å². The lowest BCUT2D eigenvalue weighted by Crippen LogP contribution is -2.12. The van der Waals surface area contributed by atoms with Crippen molar-refractivity contribution in [3.05, 3.63) is 53.6 Å². The molecule has 1 aliphatic rings. The summed E-state index contributed by atoms with van der Waals surface area (Å²) in [5, 5.41) is 12.3. The molecular weight excluding hydrogens is 394 g/mol. The van der Waals surface area contributed by atoms with Crippen molar-refractivity contribution in [2.75, 3.05) is 6.61 Å². The van der Waals surface area contributed by atoms with Crippen LogP contribution in [0.5, 0.6) is 0 Å². The van der Waals surface area contributed by atoms with Crippen LogP contribution in [-0.2, 0) is 17.7 Å². The Kier molecular flexibility index (Phi) is 4.27. The van der Waals surface area contributed by atoms with Crippen LogP contribution >= 0.6 is 0 Å². The smallest absolute Gasteiger partial charge is 0.378 e. The van der Waals surface area contributed by atoms with E-state index in [1.54, 1.807) is 19.1 Å². The summed E-state index contributed by atoms with van der Waals surface area (Å²) in [5.41, 5.74) is 1.99. The maximum atomic E-state index is 14.6. The van der Waals surface area contributed by atoms with Crippen molar-refractivity contribution < 1.29 is 18.3 Å². The summed E-state index contributed by atoms with van der Waals surface area (Å²) in [5.74, 6) is -1.25. The van der Waals surface area contributed by atoms with E-state index in [-0.39, 0.29) is 18.0 Å². The Morgan fingerprint density at radius 2 is 2.07 bits per heavy atom. The van der Waals surface area contributed by atoms with Gasteiger partial charge in [0, 0.05) is 24.6 Å². The topological polar surface area (TPSA) is 87.2 Å². The third-order valence-corrected chi connectivity index (χ3v) is 4.98. The molecule has 0 amide bonds. The third-order valence-electron chi connectivity index (χ3n) is 4.98. The van der Waals surface area contributed by atoms with E-state index in [0.717, 1.165) is 24.7 Å². The third kappa shape index (κ3) is 2.83. The molecule has 0 unspecified atom stereocenters. The summed E-state index contributed by atoms with van der Waals surface area (Å²) in [6, 6.07) is 6.78. The van der Waals surface area contributed by atoms with E-state index in [2.05, 4.69) is 20.3 Å². The molecule has 10 heteroatoms. The normalized spacial score (nSPS) is 13.0. The van der Waals surface area contributed by atoms with Gasteiger partial charge in [0.05, 0.1) is 12.3 Å². The fourth-order valence-corrected chi connectivity index (χ4v) is 3.69. The van der Waals surface area contributed by atoms with Crippen LogP contribution in [-0.4, -0.2) is 41.9 Å². The average Bonchev–Trinajstić information content (AvgIpc) is 3.41. The second-order valence-corrected chi connectivity index (χ2v) is 6.84. The van der Waals surface area contributed by atoms with E-state index in [9.17, 15) is 13.6 Å². The van der Waals surface area contributed by atoms with Crippen LogP contribution in [0, 0.1) is 11.6 Å². The van der Waals surface area contributed by atoms with Crippen LogP contribution in [0.4, 0.5) is 8.78 Å². The molecule has 3 aromatic heterocycles. The van der Waals surface area contributed by atoms with Crippen LogP contribution in [0.2, 0.25) is 0 Å². The molecule has 4 aromatic rings. The van der Waals surface area contributed by atoms with E-state index < -0.39 is 17.6 Å². The van der Waals surface area contributed by atoms with Gasteiger partial charge in [-0.05, 0) is 37.6 Å². The van der Waals surface area contributed by atoms with Crippen LogP contribution in [0.3, 0.4) is 0 Å². The standard InChI is InChI=1S/C20H16F2N6O2/c1-2-30-20(29)19-25-24-16-8-7-14(26-28(16)19)18-17(23-15-4-3-9-27(15)18)12-6-5-11(21)10-13(12)22/h5-8,10H,2-4,9H2,1H3. The fraction of sp³-hybridized carbons (Fsp3) is 0.250. The summed E-state index contributed by atoms with van der Waals surface area (Å²) in [4.78, 5) is 16.8. The molecule has 152 valence electrons. The maximum absolute atomic E-state index is 14.6. The van der Waals surface area contributed by atoms with Gasteiger partial charge in [0.2, 0.25) is 0 Å². The Morgan fingerprint density at radius 1 is 1.20 bits per heavy atom. The second-order valence-electron chi connectivity index (χ2n) is 6.84. The summed E-state index contributed by atoms with van der Waals surface area (Å²) < 4.78 is 36.3. The molecule has 30 heavy (non-hydrogen) atoms. The molecular formula is C20H16F2N6O2. The summed E-state index contributed by atoms with van der Waals surface area (Å²) in [7, 11) is 0. The van der Waals surface area contributed by atoms with Crippen molar-refractivity contribution >= 4 is 11.6 Å². The number of aryl methyl sites for hydroxylation is 1. The monoisotopic (exact) mass is 410 g/mol. The lowest BCUT2D eigenvalue weighted by Gasteiger charge is -2.09. The minimum Gasteiger partial charge on any atom is -0.460 e. The highest BCUT2D eigenvalue weighted by Crippen LogP contribution is 2.36. The summed E-state index contributed by atoms with van der Waals surface area (Å²) in [6.45, 7) is 2.59. The first kappa shape index (κ1) is 18.3. The predicted octanol–water partition coefficient (Wildman–Crippen LogP) is 3.06. The zero-order chi connectivity index (χ0) is 20.8. The molecule has 0 saturated carbocycles. The molecule has 5 rings (SSSR count). The van der Waals surface area contributed by atoms with Crippen molar-refractivity contribution in [1.29, 1.82) is 0 Å². The number of hydrogen-bond acceptors (Lipinski definition) is 6. The van der Waals surface area contributed by atoms with E-state index in [0.29, 0.717) is 29.3 Å². The number of carbonyl (C=O) groups excluding carboxylic acids is 1. The van der Waals surface area contributed by atoms with Crippen LogP contribution in [0.1, 0.15) is 29.8 Å². The van der Waals surface area contributed by atoms with E-state index in [1.165, 1.54) is 16.6 Å². The second kappa shape index (κ2) is 6.97. The number of nitrogens with zero attached hydrogens (tertiary/aromatic N) is 6. The molecule has 0 bridgehead atoms. The largest absolute Gasteiger partial charge is 0.460 e. The molecule has 8 nitrogen and oxygen atoms in total. The highest BCUT2D eigenvalue weighted by Gasteiger charge is 2.27. The zero-order valence-electron chi connectivity index (χ0n) is 16.0. The molecule has 0 fully saturated rings. The molecule has 0 radical (unpaired) electrons. The van der Waals surface area contributed by atoms with E-state index >= 15 is 0 Å². The number of imidazole rings is 1. The lowest BCUT2D eigenvalue weighted by atomic mass is 10.1. The number of rotatable bonds is 4. The first-order valence-electron chi connectivity index (χ1n) is 9.51. The van der Waals surface area contributed by atoms with Crippen molar-refractivity contribution in [2.45, 2.75) is 26.3 Å². The quantitative estimate of drug-likeness (QED) is 0.481. The van der Waals surface area contributed by atoms with Crippen LogP contribution in [0.15, 0.2) is 30.3 Å². The Hall–Kier alpha value is -3.69. The number of benzene rings is 1. The highest BCUT2D eigenvalue weighted by molar-refractivity contribution is 5.86. The number of esters is 1. The van der Waals surface area contributed by atoms with Gasteiger partial charge in [0.1, 0.15) is 28.8 Å². The van der Waals surface area contributed by atoms with Crippen molar-refractivity contribution in [1.82, 2.24) is 29.4 Å². The summed E-state index contributed by atoms with van der Waals surface area (Å²) in [6.07, 6.45) is 1.66. The Bertz CT molecular complexity index is 1300. The predicted molar refractivity (Wildman–Crippen MR) is 102 cm³/mol. The van der Waals surface area contributed by atoms with Gasteiger partial charge in [0.25, 0.3) is 5.82 Å². The highest BCUT2D eigenvalue weighted by atomic mass is 19.1. The first-order valence-corrected chi connectivity index (χ1v) is 9.51. The number of aromatic nitrogens is 6. The minimum atomic E-state index is -0.703. The van der Waals surface area contributed by atoms with E-state index in [4.69, 9.17) is 4.74 Å². The first-order chi connectivity index (χ1) is 14.6. The van der Waals surface area contributed by atoms with Crippen molar-refractivity contribution in [3.63, 3.8) is 0 Å². The molecule has 0 atom stereocenters. The SMILES string of the molecule is CCOC(=O)c1nnc2ccc(-c3c(-c4ccc(F)cc4F)nc4n3CCC4)nn12. The molecule has 0 saturated heterocycles. The van der Waals surface area contributed by atoms with Crippen molar-refractivity contribution in [2.24, 2.45) is 0 Å². The number of carbonyl (C=O) groups is 1. The summed E-state index contributed by atoms with van der Waals surface area (Å²) >= 11 is 0. The zero-order valence-corrected chi connectivity index (χ0v) is 16.0. The maximum Gasteiger partial charge on any atom is 0.378 e. The number of ether oxygens (including phenoxy) is 1. The minimum absolute atomic E-state index is 0.0515. The van der Waals surface area contributed by atoms with E-state index in [1.807, 2.05) is 4.57 Å². The Morgan fingerprint density at radius 3 is 2.87 bits per heavy atom. The molecule has 4 heterocycles. The molecule has 1 aromatic carbocycles. The van der Waals surface area contributed by atoms with Gasteiger partial charge in [-0.25, -0.2) is 18.6 Å². The molecule has 1 aliphatic heterocycles. The van der Waals surface area contributed by atoms with Gasteiger partial charge in [-0.1, -0.05) is 0 Å². The number of halogens is 2. The molecule has 0 aliphatic carbocycles. The molecule has 0 N–H and O–H groups in total. The molecule has 0 spiro atoms. The fourth-order valence-electron chi connectivity index (χ4n) is 3.69. The Labute approximate surface area is 169 Å². The van der Waals surface area contributed by atoms with Gasteiger partial charge in [-0.2, -0.15) is 9.61 Å².